The minimum atomic E-state index is -4.20. The number of hydrogen-bond acceptors (Lipinski definition) is 4. The highest BCUT2D eigenvalue weighted by Gasteiger charge is 2.31. The first-order valence-electron chi connectivity index (χ1n) is 6.90. The van der Waals surface area contributed by atoms with Crippen molar-refractivity contribution in [3.63, 3.8) is 0 Å². The van der Waals surface area contributed by atoms with Gasteiger partial charge in [0.25, 0.3) is 0 Å². The van der Waals surface area contributed by atoms with Crippen molar-refractivity contribution in [2.45, 2.75) is 25.1 Å². The smallest absolute Gasteiger partial charge is 0.389 e. The second-order valence-corrected chi connectivity index (χ2v) is 5.20. The van der Waals surface area contributed by atoms with Crippen LogP contribution in [0, 0.1) is 0 Å². The summed E-state index contributed by atoms with van der Waals surface area (Å²) in [6, 6.07) is 3.81. The van der Waals surface area contributed by atoms with Crippen molar-refractivity contribution >= 4 is 12.4 Å². The number of phenolic OH excluding ortho intramolecular Hbond substituents is 2. The van der Waals surface area contributed by atoms with Gasteiger partial charge in [0, 0.05) is 38.6 Å². The Morgan fingerprint density at radius 2 is 1.77 bits per heavy atom. The van der Waals surface area contributed by atoms with E-state index in [-0.39, 0.29) is 30.3 Å². The summed E-state index contributed by atoms with van der Waals surface area (Å²) in [7, 11) is 0. The fraction of sp³-hybridized carbons (Fsp3) is 0.571. The Labute approximate surface area is 133 Å². The molecule has 22 heavy (non-hydrogen) atoms. The largest absolute Gasteiger partial charge is 0.504 e. The quantitative estimate of drug-likeness (QED) is 0.738. The maximum Gasteiger partial charge on any atom is 0.389 e. The van der Waals surface area contributed by atoms with Gasteiger partial charge >= 0.3 is 6.18 Å². The number of alkyl halides is 3. The molecule has 1 saturated heterocycles. The molecule has 1 aromatic rings. The molecule has 2 rings (SSSR count). The van der Waals surface area contributed by atoms with E-state index in [9.17, 15) is 23.4 Å². The number of hydrogen-bond donors (Lipinski definition) is 3. The molecule has 1 atom stereocenters. The molecular formula is C14H20ClF3N2O2. The van der Waals surface area contributed by atoms with Crippen LogP contribution in [-0.4, -0.2) is 47.5 Å². The van der Waals surface area contributed by atoms with Crippen LogP contribution in [0.4, 0.5) is 13.2 Å². The summed E-state index contributed by atoms with van der Waals surface area (Å²) in [6.45, 7) is 2.77. The minimum Gasteiger partial charge on any atom is -0.504 e. The van der Waals surface area contributed by atoms with Gasteiger partial charge in [-0.1, -0.05) is 6.07 Å². The van der Waals surface area contributed by atoms with Gasteiger partial charge in [-0.2, -0.15) is 13.2 Å². The maximum atomic E-state index is 12.5. The first-order valence-corrected chi connectivity index (χ1v) is 6.90. The number of halogens is 4. The summed E-state index contributed by atoms with van der Waals surface area (Å²) in [5, 5.41) is 22.1. The Balaban J connectivity index is 0.00000242. The van der Waals surface area contributed by atoms with E-state index >= 15 is 0 Å². The van der Waals surface area contributed by atoms with Gasteiger partial charge in [-0.15, -0.1) is 12.4 Å². The fourth-order valence-electron chi connectivity index (χ4n) is 2.60. The highest BCUT2D eigenvalue weighted by molar-refractivity contribution is 5.85. The van der Waals surface area contributed by atoms with E-state index in [0.29, 0.717) is 18.7 Å². The standard InChI is InChI=1S/C14H19F3N2O2.ClH/c15-14(16,17)4-3-11(19-7-5-18-6-8-19)10-1-2-12(20)13(21)9-10;/h1-2,9,11,18,20-21H,3-8H2;1H/t11-;/m1./s1. The van der Waals surface area contributed by atoms with Crippen LogP contribution < -0.4 is 5.32 Å². The number of nitrogens with one attached hydrogen (secondary N) is 1. The lowest BCUT2D eigenvalue weighted by Crippen LogP contribution is -2.45. The number of benzene rings is 1. The predicted molar refractivity (Wildman–Crippen MR) is 79.5 cm³/mol. The maximum absolute atomic E-state index is 12.5. The lowest BCUT2D eigenvalue weighted by atomic mass is 9.98. The van der Waals surface area contributed by atoms with Crippen molar-refractivity contribution in [2.24, 2.45) is 0 Å². The molecule has 1 aliphatic heterocycles. The zero-order chi connectivity index (χ0) is 15.5. The molecular weight excluding hydrogens is 321 g/mol. The third-order valence-corrected chi connectivity index (χ3v) is 3.68. The molecule has 8 heteroatoms. The van der Waals surface area contributed by atoms with Gasteiger partial charge in [-0.05, 0) is 24.1 Å². The van der Waals surface area contributed by atoms with E-state index in [1.54, 1.807) is 6.07 Å². The zero-order valence-electron chi connectivity index (χ0n) is 11.9. The second kappa shape index (κ2) is 7.89. The van der Waals surface area contributed by atoms with Crippen molar-refractivity contribution in [3.8, 4) is 11.5 Å². The van der Waals surface area contributed by atoms with E-state index in [0.717, 1.165) is 13.1 Å². The number of nitrogens with zero attached hydrogens (tertiary/aromatic N) is 1. The van der Waals surface area contributed by atoms with E-state index < -0.39 is 18.6 Å². The molecule has 4 nitrogen and oxygen atoms in total. The number of aromatic hydroxyl groups is 2. The molecule has 0 aromatic heterocycles. The molecule has 0 bridgehead atoms. The van der Waals surface area contributed by atoms with Crippen LogP contribution in [-0.2, 0) is 0 Å². The molecule has 0 radical (unpaired) electrons. The minimum absolute atomic E-state index is 0. The van der Waals surface area contributed by atoms with Gasteiger partial charge in [-0.3, -0.25) is 4.90 Å². The van der Waals surface area contributed by atoms with E-state index in [1.807, 2.05) is 4.90 Å². The van der Waals surface area contributed by atoms with Gasteiger partial charge < -0.3 is 15.5 Å². The number of phenols is 2. The third-order valence-electron chi connectivity index (χ3n) is 3.68. The van der Waals surface area contributed by atoms with Crippen LogP contribution in [0.2, 0.25) is 0 Å². The number of piperazine rings is 1. The van der Waals surface area contributed by atoms with Gasteiger partial charge in [0.05, 0.1) is 0 Å². The lowest BCUT2D eigenvalue weighted by molar-refractivity contribution is -0.138. The monoisotopic (exact) mass is 340 g/mol. The summed E-state index contributed by atoms with van der Waals surface area (Å²) >= 11 is 0. The van der Waals surface area contributed by atoms with E-state index in [1.165, 1.54) is 12.1 Å². The Kier molecular flexibility index (Phi) is 6.77. The summed E-state index contributed by atoms with van der Waals surface area (Å²) < 4.78 is 37.6. The first kappa shape index (κ1) is 18.9. The summed E-state index contributed by atoms with van der Waals surface area (Å²) in [4.78, 5) is 1.98. The average Bonchev–Trinajstić information content (AvgIpc) is 2.43. The highest BCUT2D eigenvalue weighted by atomic mass is 35.5. The first-order chi connectivity index (χ1) is 9.87. The zero-order valence-corrected chi connectivity index (χ0v) is 12.8. The van der Waals surface area contributed by atoms with Crippen LogP contribution >= 0.6 is 12.4 Å². The fourth-order valence-corrected chi connectivity index (χ4v) is 2.60. The lowest BCUT2D eigenvalue weighted by Gasteiger charge is -2.35. The third kappa shape index (κ3) is 5.23. The van der Waals surface area contributed by atoms with Gasteiger partial charge in [0.15, 0.2) is 11.5 Å². The summed E-state index contributed by atoms with van der Waals surface area (Å²) in [5.41, 5.74) is 0.594. The summed E-state index contributed by atoms with van der Waals surface area (Å²) in [5.74, 6) is -0.576. The van der Waals surface area contributed by atoms with Crippen LogP contribution in [0.3, 0.4) is 0 Å². The molecule has 3 N–H and O–H groups in total. The van der Waals surface area contributed by atoms with Gasteiger partial charge in [0.1, 0.15) is 0 Å². The van der Waals surface area contributed by atoms with E-state index in [4.69, 9.17) is 0 Å². The van der Waals surface area contributed by atoms with E-state index in [2.05, 4.69) is 5.32 Å². The molecule has 0 spiro atoms. The predicted octanol–water partition coefficient (Wildman–Crippen LogP) is 2.81. The Hall–Kier alpha value is -1.18. The molecule has 1 fully saturated rings. The van der Waals surface area contributed by atoms with Crippen molar-refractivity contribution in [1.29, 1.82) is 0 Å². The molecule has 1 aromatic carbocycles. The van der Waals surface area contributed by atoms with Gasteiger partial charge in [0.2, 0.25) is 0 Å². The van der Waals surface area contributed by atoms with Gasteiger partial charge in [-0.25, -0.2) is 0 Å². The van der Waals surface area contributed by atoms with Crippen molar-refractivity contribution in [2.75, 3.05) is 26.2 Å². The Morgan fingerprint density at radius 3 is 2.32 bits per heavy atom. The topological polar surface area (TPSA) is 55.7 Å². The molecule has 0 saturated carbocycles. The second-order valence-electron chi connectivity index (χ2n) is 5.20. The normalized spacial score (nSPS) is 17.8. The van der Waals surface area contributed by atoms with Crippen LogP contribution in [0.5, 0.6) is 11.5 Å². The van der Waals surface area contributed by atoms with Crippen molar-refractivity contribution < 1.29 is 23.4 Å². The van der Waals surface area contributed by atoms with Crippen LogP contribution in [0.15, 0.2) is 18.2 Å². The molecule has 0 unspecified atom stereocenters. The molecule has 0 aliphatic carbocycles. The summed E-state index contributed by atoms with van der Waals surface area (Å²) in [6.07, 6.45) is -5.14. The average molecular weight is 341 g/mol. The Morgan fingerprint density at radius 1 is 1.14 bits per heavy atom. The highest BCUT2D eigenvalue weighted by Crippen LogP contribution is 2.35. The van der Waals surface area contributed by atoms with Crippen LogP contribution in [0.1, 0.15) is 24.4 Å². The molecule has 1 aliphatic rings. The van der Waals surface area contributed by atoms with Crippen molar-refractivity contribution in [3.05, 3.63) is 23.8 Å². The SMILES string of the molecule is Cl.Oc1ccc([C@@H](CCC(F)(F)F)N2CCNCC2)cc1O. The van der Waals surface area contributed by atoms with Crippen LogP contribution in [0.25, 0.3) is 0 Å². The van der Waals surface area contributed by atoms with Crippen molar-refractivity contribution in [1.82, 2.24) is 10.2 Å². The number of rotatable bonds is 4. The Bertz CT molecular complexity index is 480. The molecule has 0 amide bonds. The molecule has 126 valence electrons. The molecule has 1 heterocycles.